The molecule has 0 aliphatic carbocycles. The molecular formula is C12H17N. The van der Waals surface area contributed by atoms with Crippen molar-refractivity contribution in [1.82, 2.24) is 4.90 Å². The first-order valence-corrected chi connectivity index (χ1v) is 4.91. The molecule has 2 rings (SSSR count). The summed E-state index contributed by atoms with van der Waals surface area (Å²) >= 11 is 0. The summed E-state index contributed by atoms with van der Waals surface area (Å²) in [5.41, 5.74) is 1.78. The molecule has 2 atom stereocenters. The van der Waals surface area contributed by atoms with E-state index in [2.05, 4.69) is 56.0 Å². The Balaban J connectivity index is 2.09. The van der Waals surface area contributed by atoms with Crippen molar-refractivity contribution >= 4 is 0 Å². The van der Waals surface area contributed by atoms with E-state index in [9.17, 15) is 0 Å². The first-order valence-electron chi connectivity index (χ1n) is 4.91. The standard InChI is InChI=1S/C12H17N/c1-12(2,3)13-9-11(13)10-7-5-4-6-8-10/h4-8,11H,9H2,1-3H3/t11-,13?/m0/s1. The second kappa shape index (κ2) is 2.85. The molecule has 1 unspecified atom stereocenters. The Kier molecular flexibility index (Phi) is 1.92. The van der Waals surface area contributed by atoms with Crippen molar-refractivity contribution in [2.24, 2.45) is 0 Å². The van der Waals surface area contributed by atoms with E-state index in [1.807, 2.05) is 0 Å². The predicted molar refractivity (Wildman–Crippen MR) is 55.6 cm³/mol. The van der Waals surface area contributed by atoms with Crippen LogP contribution < -0.4 is 0 Å². The van der Waals surface area contributed by atoms with E-state index in [4.69, 9.17) is 0 Å². The zero-order valence-electron chi connectivity index (χ0n) is 8.62. The molecule has 1 aliphatic rings. The number of hydrogen-bond donors (Lipinski definition) is 0. The second-order valence-corrected chi connectivity index (χ2v) is 4.75. The maximum atomic E-state index is 2.52. The quantitative estimate of drug-likeness (QED) is 0.593. The normalized spacial score (nSPS) is 27.3. The summed E-state index contributed by atoms with van der Waals surface area (Å²) in [6.45, 7) is 8.04. The predicted octanol–water partition coefficient (Wildman–Crippen LogP) is 2.84. The molecule has 1 aromatic rings. The van der Waals surface area contributed by atoms with Crippen LogP contribution in [0.2, 0.25) is 0 Å². The van der Waals surface area contributed by atoms with Crippen LogP contribution in [0.5, 0.6) is 0 Å². The highest BCUT2D eigenvalue weighted by Crippen LogP contribution is 2.40. The molecule has 0 amide bonds. The van der Waals surface area contributed by atoms with Gasteiger partial charge in [-0.05, 0) is 26.3 Å². The third kappa shape index (κ3) is 1.75. The third-order valence-electron chi connectivity index (χ3n) is 2.66. The zero-order chi connectivity index (χ0) is 9.47. The lowest BCUT2D eigenvalue weighted by Crippen LogP contribution is -2.25. The Labute approximate surface area is 80.4 Å². The molecule has 1 aromatic carbocycles. The Morgan fingerprint density at radius 3 is 2.23 bits per heavy atom. The molecule has 0 saturated carbocycles. The van der Waals surface area contributed by atoms with E-state index in [1.165, 1.54) is 12.1 Å². The van der Waals surface area contributed by atoms with E-state index < -0.39 is 0 Å². The van der Waals surface area contributed by atoms with Gasteiger partial charge in [-0.2, -0.15) is 0 Å². The number of hydrogen-bond acceptors (Lipinski definition) is 1. The average molecular weight is 175 g/mol. The van der Waals surface area contributed by atoms with Gasteiger partial charge < -0.3 is 0 Å². The van der Waals surface area contributed by atoms with E-state index in [1.54, 1.807) is 0 Å². The van der Waals surface area contributed by atoms with Crippen LogP contribution in [0.1, 0.15) is 32.4 Å². The number of benzene rings is 1. The molecule has 0 spiro atoms. The summed E-state index contributed by atoms with van der Waals surface area (Å²) in [6, 6.07) is 11.4. The van der Waals surface area contributed by atoms with Crippen molar-refractivity contribution < 1.29 is 0 Å². The fourth-order valence-electron chi connectivity index (χ4n) is 1.84. The van der Waals surface area contributed by atoms with Gasteiger partial charge in [-0.25, -0.2) is 0 Å². The first-order chi connectivity index (χ1) is 6.09. The van der Waals surface area contributed by atoms with Gasteiger partial charge >= 0.3 is 0 Å². The van der Waals surface area contributed by atoms with E-state index in [-0.39, 0.29) is 0 Å². The molecule has 0 radical (unpaired) electrons. The lowest BCUT2D eigenvalue weighted by Gasteiger charge is -2.21. The van der Waals surface area contributed by atoms with Crippen LogP contribution in [0.3, 0.4) is 0 Å². The summed E-state index contributed by atoms with van der Waals surface area (Å²) in [4.78, 5) is 2.52. The highest BCUT2D eigenvalue weighted by Gasteiger charge is 2.42. The zero-order valence-corrected chi connectivity index (χ0v) is 8.62. The van der Waals surface area contributed by atoms with Crippen molar-refractivity contribution in [2.45, 2.75) is 32.4 Å². The largest absolute Gasteiger partial charge is 0.288 e. The van der Waals surface area contributed by atoms with Crippen molar-refractivity contribution in [3.63, 3.8) is 0 Å². The van der Waals surface area contributed by atoms with Crippen LogP contribution in [-0.2, 0) is 0 Å². The Morgan fingerprint density at radius 1 is 1.15 bits per heavy atom. The number of rotatable bonds is 1. The molecule has 1 aliphatic heterocycles. The van der Waals surface area contributed by atoms with E-state index >= 15 is 0 Å². The summed E-state index contributed by atoms with van der Waals surface area (Å²) in [5, 5.41) is 0. The Bertz CT molecular complexity index is 284. The van der Waals surface area contributed by atoms with Crippen molar-refractivity contribution in [1.29, 1.82) is 0 Å². The van der Waals surface area contributed by atoms with Gasteiger partial charge in [0.05, 0.1) is 0 Å². The SMILES string of the molecule is CC(C)(C)N1C[C@H]1c1ccccc1. The summed E-state index contributed by atoms with van der Waals surface area (Å²) < 4.78 is 0. The van der Waals surface area contributed by atoms with Gasteiger partial charge in [-0.3, -0.25) is 4.90 Å². The molecule has 1 heterocycles. The molecule has 0 aromatic heterocycles. The highest BCUT2D eigenvalue weighted by molar-refractivity contribution is 5.24. The monoisotopic (exact) mass is 175 g/mol. The third-order valence-corrected chi connectivity index (χ3v) is 2.66. The maximum Gasteiger partial charge on any atom is 0.0481 e. The van der Waals surface area contributed by atoms with Crippen LogP contribution in [0, 0.1) is 0 Å². The molecule has 70 valence electrons. The minimum Gasteiger partial charge on any atom is -0.288 e. The minimum absolute atomic E-state index is 0.320. The summed E-state index contributed by atoms with van der Waals surface area (Å²) in [5.74, 6) is 0. The molecule has 1 saturated heterocycles. The molecular weight excluding hydrogens is 158 g/mol. The number of nitrogens with zero attached hydrogens (tertiary/aromatic N) is 1. The van der Waals surface area contributed by atoms with Crippen LogP contribution in [-0.4, -0.2) is 17.0 Å². The molecule has 0 bridgehead atoms. The first kappa shape index (κ1) is 8.76. The van der Waals surface area contributed by atoms with Gasteiger partial charge in [0.1, 0.15) is 0 Å². The van der Waals surface area contributed by atoms with Crippen molar-refractivity contribution in [3.05, 3.63) is 35.9 Å². The van der Waals surface area contributed by atoms with Gasteiger partial charge in [0, 0.05) is 18.1 Å². The van der Waals surface area contributed by atoms with Gasteiger partial charge in [-0.1, -0.05) is 30.3 Å². The Hall–Kier alpha value is -0.820. The lowest BCUT2D eigenvalue weighted by molar-refractivity contribution is 0.287. The molecule has 0 N–H and O–H groups in total. The topological polar surface area (TPSA) is 3.01 Å². The van der Waals surface area contributed by atoms with Gasteiger partial charge in [0.25, 0.3) is 0 Å². The van der Waals surface area contributed by atoms with Crippen LogP contribution >= 0.6 is 0 Å². The van der Waals surface area contributed by atoms with Crippen molar-refractivity contribution in [3.8, 4) is 0 Å². The fourth-order valence-corrected chi connectivity index (χ4v) is 1.84. The van der Waals surface area contributed by atoms with Gasteiger partial charge in [0.2, 0.25) is 0 Å². The second-order valence-electron chi connectivity index (χ2n) is 4.75. The summed E-state index contributed by atoms with van der Waals surface area (Å²) in [7, 11) is 0. The average Bonchev–Trinajstić information content (AvgIpc) is 2.83. The smallest absolute Gasteiger partial charge is 0.0481 e. The minimum atomic E-state index is 0.320. The molecule has 13 heavy (non-hydrogen) atoms. The van der Waals surface area contributed by atoms with E-state index in [0.29, 0.717) is 11.6 Å². The van der Waals surface area contributed by atoms with Crippen LogP contribution in [0.15, 0.2) is 30.3 Å². The van der Waals surface area contributed by atoms with E-state index in [0.717, 1.165) is 0 Å². The molecule has 1 nitrogen and oxygen atoms in total. The molecule has 1 fully saturated rings. The van der Waals surface area contributed by atoms with Crippen LogP contribution in [0.4, 0.5) is 0 Å². The van der Waals surface area contributed by atoms with Gasteiger partial charge in [0.15, 0.2) is 0 Å². The fraction of sp³-hybridized carbons (Fsp3) is 0.500. The maximum absolute atomic E-state index is 2.52. The van der Waals surface area contributed by atoms with Gasteiger partial charge in [-0.15, -0.1) is 0 Å². The highest BCUT2D eigenvalue weighted by atomic mass is 15.3. The molecule has 1 heteroatoms. The lowest BCUT2D eigenvalue weighted by atomic mass is 10.1. The van der Waals surface area contributed by atoms with Crippen molar-refractivity contribution in [2.75, 3.05) is 6.54 Å². The Morgan fingerprint density at radius 2 is 1.77 bits per heavy atom. The van der Waals surface area contributed by atoms with Crippen LogP contribution in [0.25, 0.3) is 0 Å². The summed E-state index contributed by atoms with van der Waals surface area (Å²) in [6.07, 6.45) is 0.